The second-order valence-corrected chi connectivity index (χ2v) is 6.66. The van der Waals surface area contributed by atoms with Crippen LogP contribution in [0.2, 0.25) is 0 Å². The Labute approximate surface area is 139 Å². The summed E-state index contributed by atoms with van der Waals surface area (Å²) in [6, 6.07) is 0. The van der Waals surface area contributed by atoms with Crippen molar-refractivity contribution in [1.29, 1.82) is 0 Å². The van der Waals surface area contributed by atoms with Crippen LogP contribution in [0.25, 0.3) is 4.91 Å². The molecule has 3 N–H and O–H groups in total. The van der Waals surface area contributed by atoms with Crippen LogP contribution in [0, 0.1) is 0 Å². The molecule has 122 valence electrons. The SMILES string of the molecule is CC/C=C(\C)S/C(=C(\C)C(=O)NCCO)c1csc(NC)n1. The summed E-state index contributed by atoms with van der Waals surface area (Å²) in [6.45, 7) is 6.06. The summed E-state index contributed by atoms with van der Waals surface area (Å²) in [5, 5.41) is 17.3. The highest BCUT2D eigenvalue weighted by atomic mass is 32.2. The topological polar surface area (TPSA) is 74.2 Å². The zero-order valence-corrected chi connectivity index (χ0v) is 15.0. The molecule has 0 aliphatic rings. The highest BCUT2D eigenvalue weighted by Crippen LogP contribution is 2.37. The van der Waals surface area contributed by atoms with Gasteiger partial charge in [-0.3, -0.25) is 4.79 Å². The summed E-state index contributed by atoms with van der Waals surface area (Å²) in [6.07, 6.45) is 3.07. The maximum absolute atomic E-state index is 12.2. The first-order valence-corrected chi connectivity index (χ1v) is 8.81. The zero-order valence-electron chi connectivity index (χ0n) is 13.4. The Kier molecular flexibility index (Phi) is 8.22. The first-order chi connectivity index (χ1) is 10.5. The molecule has 0 bridgehead atoms. The molecule has 0 saturated heterocycles. The first-order valence-electron chi connectivity index (χ1n) is 7.11. The van der Waals surface area contributed by atoms with E-state index in [0.717, 1.165) is 27.1 Å². The van der Waals surface area contributed by atoms with Gasteiger partial charge in [-0.05, 0) is 25.2 Å². The van der Waals surface area contributed by atoms with Gasteiger partial charge < -0.3 is 15.7 Å². The van der Waals surface area contributed by atoms with E-state index in [0.29, 0.717) is 5.57 Å². The molecule has 1 heterocycles. The second kappa shape index (κ2) is 9.66. The Balaban J connectivity index is 3.14. The predicted molar refractivity (Wildman–Crippen MR) is 96.0 cm³/mol. The number of amides is 1. The maximum atomic E-state index is 12.2. The van der Waals surface area contributed by atoms with Crippen LogP contribution in [0.15, 0.2) is 21.9 Å². The van der Waals surface area contributed by atoms with E-state index in [2.05, 4.69) is 28.6 Å². The number of aromatic nitrogens is 1. The van der Waals surface area contributed by atoms with Crippen LogP contribution in [-0.4, -0.2) is 36.2 Å². The molecule has 0 fully saturated rings. The number of nitrogens with zero attached hydrogens (tertiary/aromatic N) is 1. The van der Waals surface area contributed by atoms with Crippen LogP contribution >= 0.6 is 23.1 Å². The lowest BCUT2D eigenvalue weighted by Gasteiger charge is -2.11. The zero-order chi connectivity index (χ0) is 16.5. The summed E-state index contributed by atoms with van der Waals surface area (Å²) < 4.78 is 0. The van der Waals surface area contributed by atoms with Crippen LogP contribution in [-0.2, 0) is 4.79 Å². The smallest absolute Gasteiger partial charge is 0.248 e. The van der Waals surface area contributed by atoms with Crippen LogP contribution < -0.4 is 10.6 Å². The Bertz CT molecular complexity index is 565. The monoisotopic (exact) mass is 341 g/mol. The van der Waals surface area contributed by atoms with Crippen molar-refractivity contribution in [3.05, 3.63) is 27.6 Å². The minimum absolute atomic E-state index is 0.0726. The molecule has 0 aromatic carbocycles. The minimum Gasteiger partial charge on any atom is -0.395 e. The normalized spacial score (nSPS) is 12.9. The van der Waals surface area contributed by atoms with Crippen LogP contribution in [0.4, 0.5) is 5.13 Å². The minimum atomic E-state index is -0.181. The van der Waals surface area contributed by atoms with Crippen molar-refractivity contribution in [3.63, 3.8) is 0 Å². The Morgan fingerprint density at radius 1 is 1.50 bits per heavy atom. The molecular formula is C15H23N3O2S2. The van der Waals surface area contributed by atoms with Gasteiger partial charge in [0.1, 0.15) is 0 Å². The van der Waals surface area contributed by atoms with Crippen molar-refractivity contribution in [3.8, 4) is 0 Å². The molecule has 0 atom stereocenters. The van der Waals surface area contributed by atoms with E-state index in [1.807, 2.05) is 19.4 Å². The summed E-state index contributed by atoms with van der Waals surface area (Å²) in [5.74, 6) is -0.181. The highest BCUT2D eigenvalue weighted by Gasteiger charge is 2.16. The summed E-state index contributed by atoms with van der Waals surface area (Å²) in [5.41, 5.74) is 1.40. The van der Waals surface area contributed by atoms with Crippen LogP contribution in [0.5, 0.6) is 0 Å². The van der Waals surface area contributed by atoms with Crippen molar-refractivity contribution in [2.24, 2.45) is 0 Å². The van der Waals surface area contributed by atoms with E-state index in [9.17, 15) is 4.79 Å². The molecule has 1 rings (SSSR count). The molecule has 0 aliphatic heterocycles. The van der Waals surface area contributed by atoms with Gasteiger partial charge in [-0.1, -0.05) is 24.8 Å². The van der Waals surface area contributed by atoms with Crippen LogP contribution in [0.3, 0.4) is 0 Å². The number of allylic oxidation sites excluding steroid dienone is 2. The van der Waals surface area contributed by atoms with Crippen molar-refractivity contribution < 1.29 is 9.90 Å². The molecule has 1 aromatic heterocycles. The van der Waals surface area contributed by atoms with Crippen molar-refractivity contribution in [2.75, 3.05) is 25.5 Å². The van der Waals surface area contributed by atoms with Crippen LogP contribution in [0.1, 0.15) is 32.9 Å². The van der Waals surface area contributed by atoms with Gasteiger partial charge in [-0.15, -0.1) is 11.3 Å². The third-order valence-corrected chi connectivity index (χ3v) is 4.85. The fourth-order valence-electron chi connectivity index (χ4n) is 1.71. The fraction of sp³-hybridized carbons (Fsp3) is 0.467. The van der Waals surface area contributed by atoms with E-state index < -0.39 is 0 Å². The predicted octanol–water partition coefficient (Wildman–Crippen LogP) is 3.07. The van der Waals surface area contributed by atoms with Crippen molar-refractivity contribution >= 4 is 39.0 Å². The number of hydrogen-bond donors (Lipinski definition) is 3. The lowest BCUT2D eigenvalue weighted by molar-refractivity contribution is -0.117. The largest absolute Gasteiger partial charge is 0.395 e. The molecule has 0 spiro atoms. The average molecular weight is 342 g/mol. The third-order valence-electron chi connectivity index (χ3n) is 2.78. The Morgan fingerprint density at radius 2 is 2.23 bits per heavy atom. The van der Waals surface area contributed by atoms with Gasteiger partial charge in [0.2, 0.25) is 5.91 Å². The van der Waals surface area contributed by atoms with Gasteiger partial charge in [-0.25, -0.2) is 4.98 Å². The molecule has 5 nitrogen and oxygen atoms in total. The number of anilines is 1. The van der Waals surface area contributed by atoms with Gasteiger partial charge in [-0.2, -0.15) is 0 Å². The molecule has 0 aliphatic carbocycles. The maximum Gasteiger partial charge on any atom is 0.248 e. The fourth-order valence-corrected chi connectivity index (χ4v) is 3.47. The number of carbonyl (C=O) groups excluding carboxylic acids is 1. The van der Waals surface area contributed by atoms with Gasteiger partial charge in [0.25, 0.3) is 0 Å². The van der Waals surface area contributed by atoms with E-state index in [1.54, 1.807) is 18.7 Å². The van der Waals surface area contributed by atoms with Gasteiger partial charge in [0.05, 0.1) is 12.3 Å². The number of hydrogen-bond acceptors (Lipinski definition) is 6. The van der Waals surface area contributed by atoms with Crippen molar-refractivity contribution in [2.45, 2.75) is 27.2 Å². The number of nitrogens with one attached hydrogen (secondary N) is 2. The van der Waals surface area contributed by atoms with E-state index in [1.165, 1.54) is 11.3 Å². The lowest BCUT2D eigenvalue weighted by Crippen LogP contribution is -2.27. The molecule has 1 amide bonds. The molecule has 7 heteroatoms. The quantitative estimate of drug-likeness (QED) is 0.634. The first kappa shape index (κ1) is 18.7. The van der Waals surface area contributed by atoms with E-state index in [-0.39, 0.29) is 19.1 Å². The third kappa shape index (κ3) is 5.47. The molecule has 0 unspecified atom stereocenters. The van der Waals surface area contributed by atoms with E-state index in [4.69, 9.17) is 5.11 Å². The van der Waals surface area contributed by atoms with Crippen molar-refractivity contribution in [1.82, 2.24) is 10.3 Å². The Morgan fingerprint density at radius 3 is 2.77 bits per heavy atom. The number of aliphatic hydroxyl groups is 1. The summed E-state index contributed by atoms with van der Waals surface area (Å²) >= 11 is 3.05. The Hall–Kier alpha value is -1.31. The van der Waals surface area contributed by atoms with Gasteiger partial charge in [0, 0.05) is 29.5 Å². The van der Waals surface area contributed by atoms with Gasteiger partial charge >= 0.3 is 0 Å². The lowest BCUT2D eigenvalue weighted by atomic mass is 10.2. The second-order valence-electron chi connectivity index (χ2n) is 4.55. The van der Waals surface area contributed by atoms with E-state index >= 15 is 0 Å². The number of aliphatic hydroxyl groups excluding tert-OH is 1. The number of thiazole rings is 1. The average Bonchev–Trinajstić information content (AvgIpc) is 2.98. The number of carbonyl (C=O) groups is 1. The molecule has 0 radical (unpaired) electrons. The molecule has 22 heavy (non-hydrogen) atoms. The standard InChI is InChI=1S/C15H23N3O2S2/c1-5-6-10(2)22-13(11(3)14(20)17-7-8-19)12-9-21-15(16-4)18-12/h6,9,19H,5,7-8H2,1-4H3,(H,16,18)(H,17,20)/b10-6+,13-11+. The van der Waals surface area contributed by atoms with Gasteiger partial charge in [0.15, 0.2) is 5.13 Å². The summed E-state index contributed by atoms with van der Waals surface area (Å²) in [4.78, 5) is 18.7. The molecule has 1 aromatic rings. The number of rotatable bonds is 8. The molecule has 0 saturated carbocycles. The molecular weight excluding hydrogens is 318 g/mol. The number of thioether (sulfide) groups is 1. The summed E-state index contributed by atoms with van der Waals surface area (Å²) in [7, 11) is 1.82. The highest BCUT2D eigenvalue weighted by molar-refractivity contribution is 8.11.